The van der Waals surface area contributed by atoms with Crippen molar-refractivity contribution in [2.24, 2.45) is 0 Å². The summed E-state index contributed by atoms with van der Waals surface area (Å²) in [5.41, 5.74) is 0. The van der Waals surface area contributed by atoms with Crippen molar-refractivity contribution in [1.29, 1.82) is 0 Å². The van der Waals surface area contributed by atoms with Crippen LogP contribution < -0.4 is 5.32 Å². The molecule has 0 aromatic rings. The molecule has 8 atom stereocenters. The van der Waals surface area contributed by atoms with Crippen LogP contribution in [0.4, 0.5) is 0 Å². The molecule has 1 amide bonds. The van der Waals surface area contributed by atoms with Gasteiger partial charge in [-0.05, 0) is 12.8 Å². The van der Waals surface area contributed by atoms with Gasteiger partial charge in [0.1, 0.15) is 30.5 Å². The highest BCUT2D eigenvalue weighted by Gasteiger charge is 2.44. The number of nitrogens with one attached hydrogen (secondary N) is 1. The van der Waals surface area contributed by atoms with E-state index in [1.165, 1.54) is 180 Å². The van der Waals surface area contributed by atoms with Crippen LogP contribution in [0.1, 0.15) is 245 Å². The second kappa shape index (κ2) is 40.0. The Morgan fingerprint density at radius 3 is 1.20 bits per heavy atom. The summed E-state index contributed by atoms with van der Waals surface area (Å²) in [4.78, 5) is 13.1. The van der Waals surface area contributed by atoms with Crippen molar-refractivity contribution in [2.45, 2.75) is 294 Å². The standard InChI is InChI=1S/C49H97NO9/c1-3-5-7-9-11-13-15-17-19-20-21-22-24-26-28-30-32-34-36-38-43(53)48(57)50-41(40-58-49-47(56)46(55)45(54)44(39-51)59-49)42(52)37-35-33-31-29-27-25-23-18-16-14-12-10-8-6-4-2/h41-47,49,51-56H,3-40H2,1-2H3,(H,50,57). The second-order valence-electron chi connectivity index (χ2n) is 18.1. The minimum atomic E-state index is -1.59. The molecular formula is C49H97NO9. The fraction of sp³-hybridized carbons (Fsp3) is 0.980. The molecule has 1 aliphatic rings. The lowest BCUT2D eigenvalue weighted by Crippen LogP contribution is -2.60. The number of carbonyl (C=O) groups is 1. The summed E-state index contributed by atoms with van der Waals surface area (Å²) in [6, 6.07) is -0.888. The Morgan fingerprint density at radius 1 is 0.508 bits per heavy atom. The number of rotatable bonds is 43. The molecule has 0 aromatic carbocycles. The fourth-order valence-corrected chi connectivity index (χ4v) is 8.40. The van der Waals surface area contributed by atoms with E-state index < -0.39 is 61.5 Å². The number of amides is 1. The van der Waals surface area contributed by atoms with E-state index in [0.717, 1.165) is 38.5 Å². The first-order chi connectivity index (χ1) is 28.8. The fourth-order valence-electron chi connectivity index (χ4n) is 8.40. The lowest BCUT2D eigenvalue weighted by Gasteiger charge is -2.40. The quantitative estimate of drug-likeness (QED) is 0.0296. The van der Waals surface area contributed by atoms with Gasteiger partial charge in [-0.15, -0.1) is 0 Å². The van der Waals surface area contributed by atoms with Gasteiger partial charge in [0.15, 0.2) is 6.29 Å². The number of carbonyl (C=O) groups excluding carboxylic acids is 1. The average Bonchev–Trinajstić information content (AvgIpc) is 3.23. The predicted octanol–water partition coefficient (Wildman–Crippen LogP) is 10.1. The number of ether oxygens (including phenoxy) is 2. The highest BCUT2D eigenvalue weighted by molar-refractivity contribution is 5.80. The topological polar surface area (TPSA) is 169 Å². The molecule has 59 heavy (non-hydrogen) atoms. The van der Waals surface area contributed by atoms with Crippen molar-refractivity contribution in [3.8, 4) is 0 Å². The summed E-state index contributed by atoms with van der Waals surface area (Å²) in [6.07, 6.45) is 34.3. The first kappa shape index (κ1) is 56.2. The van der Waals surface area contributed by atoms with E-state index in [1.807, 2.05) is 0 Å². The first-order valence-corrected chi connectivity index (χ1v) is 25.3. The zero-order chi connectivity index (χ0) is 43.2. The van der Waals surface area contributed by atoms with Crippen LogP contribution in [-0.4, -0.2) is 98.7 Å². The van der Waals surface area contributed by atoms with E-state index in [2.05, 4.69) is 19.2 Å². The zero-order valence-electron chi connectivity index (χ0n) is 38.4. The summed E-state index contributed by atoms with van der Waals surface area (Å²) in [5.74, 6) is -0.578. The summed E-state index contributed by atoms with van der Waals surface area (Å²) in [7, 11) is 0. The lowest BCUT2D eigenvalue weighted by atomic mass is 9.99. The summed E-state index contributed by atoms with van der Waals surface area (Å²) < 4.78 is 11.2. The third-order valence-electron chi connectivity index (χ3n) is 12.6. The monoisotopic (exact) mass is 844 g/mol. The van der Waals surface area contributed by atoms with E-state index >= 15 is 0 Å². The van der Waals surface area contributed by atoms with Gasteiger partial charge in [-0.25, -0.2) is 0 Å². The molecule has 1 saturated heterocycles. The predicted molar refractivity (Wildman–Crippen MR) is 241 cm³/mol. The maximum absolute atomic E-state index is 13.1. The number of aliphatic hydroxyl groups excluding tert-OH is 6. The van der Waals surface area contributed by atoms with E-state index in [9.17, 15) is 35.4 Å². The molecule has 1 rings (SSSR count). The van der Waals surface area contributed by atoms with Crippen molar-refractivity contribution in [1.82, 2.24) is 5.32 Å². The zero-order valence-corrected chi connectivity index (χ0v) is 38.4. The van der Waals surface area contributed by atoms with Crippen molar-refractivity contribution >= 4 is 5.91 Å². The molecule has 1 aliphatic heterocycles. The van der Waals surface area contributed by atoms with Gasteiger partial charge in [0.05, 0.1) is 25.4 Å². The molecule has 0 bridgehead atoms. The molecule has 1 heterocycles. The highest BCUT2D eigenvalue weighted by Crippen LogP contribution is 2.23. The Kier molecular flexibility index (Phi) is 38.0. The Morgan fingerprint density at radius 2 is 0.847 bits per heavy atom. The number of unbranched alkanes of at least 4 members (excludes halogenated alkanes) is 32. The van der Waals surface area contributed by atoms with Crippen molar-refractivity contribution in [2.75, 3.05) is 13.2 Å². The number of hydrogen-bond donors (Lipinski definition) is 7. The Balaban J connectivity index is 2.32. The maximum Gasteiger partial charge on any atom is 0.249 e. The summed E-state index contributed by atoms with van der Waals surface area (Å²) >= 11 is 0. The van der Waals surface area contributed by atoms with Gasteiger partial charge in [0.2, 0.25) is 5.91 Å². The van der Waals surface area contributed by atoms with Gasteiger partial charge in [0, 0.05) is 0 Å². The molecule has 0 aromatic heterocycles. The molecule has 7 N–H and O–H groups in total. The number of aliphatic hydroxyl groups is 6. The maximum atomic E-state index is 13.1. The van der Waals surface area contributed by atoms with Crippen LogP contribution in [0.15, 0.2) is 0 Å². The third-order valence-corrected chi connectivity index (χ3v) is 12.6. The van der Waals surface area contributed by atoms with E-state index in [0.29, 0.717) is 12.8 Å². The Hall–Kier alpha value is -0.850. The van der Waals surface area contributed by atoms with Gasteiger partial charge < -0.3 is 45.4 Å². The van der Waals surface area contributed by atoms with Crippen molar-refractivity contribution in [3.05, 3.63) is 0 Å². The van der Waals surface area contributed by atoms with Crippen LogP contribution >= 0.6 is 0 Å². The minimum absolute atomic E-state index is 0.250. The van der Waals surface area contributed by atoms with Crippen LogP contribution in [0.5, 0.6) is 0 Å². The molecular weight excluding hydrogens is 747 g/mol. The van der Waals surface area contributed by atoms with Crippen LogP contribution in [-0.2, 0) is 14.3 Å². The minimum Gasteiger partial charge on any atom is -0.394 e. The molecule has 0 radical (unpaired) electrons. The van der Waals surface area contributed by atoms with Crippen LogP contribution in [0.3, 0.4) is 0 Å². The number of hydrogen-bond acceptors (Lipinski definition) is 9. The van der Waals surface area contributed by atoms with Crippen LogP contribution in [0.25, 0.3) is 0 Å². The van der Waals surface area contributed by atoms with E-state index in [-0.39, 0.29) is 6.61 Å². The largest absolute Gasteiger partial charge is 0.394 e. The van der Waals surface area contributed by atoms with E-state index in [1.54, 1.807) is 0 Å². The Labute approximate surface area is 362 Å². The molecule has 0 saturated carbocycles. The molecule has 352 valence electrons. The van der Waals surface area contributed by atoms with Gasteiger partial charge in [-0.1, -0.05) is 232 Å². The van der Waals surface area contributed by atoms with Crippen molar-refractivity contribution < 1.29 is 44.9 Å². The van der Waals surface area contributed by atoms with Gasteiger partial charge in [-0.3, -0.25) is 4.79 Å². The molecule has 1 fully saturated rings. The van der Waals surface area contributed by atoms with Gasteiger partial charge >= 0.3 is 0 Å². The normalized spacial score (nSPS) is 21.1. The molecule has 10 nitrogen and oxygen atoms in total. The van der Waals surface area contributed by atoms with Crippen molar-refractivity contribution in [3.63, 3.8) is 0 Å². The van der Waals surface area contributed by atoms with Crippen LogP contribution in [0, 0.1) is 0 Å². The van der Waals surface area contributed by atoms with Gasteiger partial charge in [0.25, 0.3) is 0 Å². The van der Waals surface area contributed by atoms with Crippen LogP contribution in [0.2, 0.25) is 0 Å². The molecule has 0 aliphatic carbocycles. The van der Waals surface area contributed by atoms with Gasteiger partial charge in [-0.2, -0.15) is 0 Å². The van der Waals surface area contributed by atoms with E-state index in [4.69, 9.17) is 9.47 Å². The average molecular weight is 844 g/mol. The molecule has 8 unspecified atom stereocenters. The highest BCUT2D eigenvalue weighted by atomic mass is 16.7. The smallest absolute Gasteiger partial charge is 0.249 e. The summed E-state index contributed by atoms with van der Waals surface area (Å²) in [5, 5.41) is 65.0. The second-order valence-corrected chi connectivity index (χ2v) is 18.1. The summed E-state index contributed by atoms with van der Waals surface area (Å²) in [6.45, 7) is 3.69. The molecule has 10 heteroatoms. The Bertz CT molecular complexity index is 911. The molecule has 0 spiro atoms. The SMILES string of the molecule is CCCCCCCCCCCCCCCCCCCCCC(O)C(=O)NC(COC1OC(CO)C(O)C(O)C1O)C(O)CCCCCCCCCCCCCCCCC. The first-order valence-electron chi connectivity index (χ1n) is 25.3. The lowest BCUT2D eigenvalue weighted by molar-refractivity contribution is -0.302. The third kappa shape index (κ3) is 30.0.